The lowest BCUT2D eigenvalue weighted by Crippen LogP contribution is -2.16. The summed E-state index contributed by atoms with van der Waals surface area (Å²) < 4.78 is 29.0. The molecule has 0 aliphatic heterocycles. The molecular weight excluding hydrogens is 332 g/mol. The van der Waals surface area contributed by atoms with Crippen LogP contribution in [0.5, 0.6) is 0 Å². The monoisotopic (exact) mass is 353 g/mol. The number of nitrogens with one attached hydrogen (secondary N) is 1. The lowest BCUT2D eigenvalue weighted by molar-refractivity contribution is 0.286. The molecule has 0 aliphatic rings. The van der Waals surface area contributed by atoms with Crippen molar-refractivity contribution in [1.29, 1.82) is 0 Å². The van der Waals surface area contributed by atoms with E-state index in [-0.39, 0.29) is 18.2 Å². The van der Waals surface area contributed by atoms with Gasteiger partial charge in [0.25, 0.3) is 0 Å². The summed E-state index contributed by atoms with van der Waals surface area (Å²) in [5, 5.41) is 12.2. The molecule has 2 nitrogen and oxygen atoms in total. The lowest BCUT2D eigenvalue weighted by atomic mass is 9.90. The minimum absolute atomic E-state index is 0.114. The number of hydrogen-bond donors (Lipinski definition) is 2. The highest BCUT2D eigenvalue weighted by Crippen LogP contribution is 2.37. The SMILES string of the molecule is OCCCNCc1cccc(-c2ccccc2F)c1-c1ccccc1F. The smallest absolute Gasteiger partial charge is 0.131 e. The Morgan fingerprint density at radius 2 is 1.35 bits per heavy atom. The molecule has 0 fully saturated rings. The second-order valence-electron chi connectivity index (χ2n) is 6.05. The van der Waals surface area contributed by atoms with Gasteiger partial charge in [0.1, 0.15) is 11.6 Å². The van der Waals surface area contributed by atoms with E-state index in [1.165, 1.54) is 12.1 Å². The van der Waals surface area contributed by atoms with E-state index >= 15 is 0 Å². The van der Waals surface area contributed by atoms with Crippen molar-refractivity contribution in [3.05, 3.63) is 83.9 Å². The molecule has 0 atom stereocenters. The van der Waals surface area contributed by atoms with Crippen LogP contribution in [0.25, 0.3) is 22.3 Å². The van der Waals surface area contributed by atoms with Gasteiger partial charge in [0.15, 0.2) is 0 Å². The highest BCUT2D eigenvalue weighted by Gasteiger charge is 2.17. The van der Waals surface area contributed by atoms with Gasteiger partial charge >= 0.3 is 0 Å². The average molecular weight is 353 g/mol. The molecule has 0 aromatic heterocycles. The van der Waals surface area contributed by atoms with E-state index in [0.29, 0.717) is 41.8 Å². The fourth-order valence-electron chi connectivity index (χ4n) is 3.06. The summed E-state index contributed by atoms with van der Waals surface area (Å²) in [6.07, 6.45) is 0.641. The Balaban J connectivity index is 2.13. The first-order valence-electron chi connectivity index (χ1n) is 8.65. The normalized spacial score (nSPS) is 10.9. The Hall–Kier alpha value is -2.56. The van der Waals surface area contributed by atoms with Crippen LogP contribution in [0.4, 0.5) is 8.78 Å². The van der Waals surface area contributed by atoms with Crippen LogP contribution in [0, 0.1) is 11.6 Å². The van der Waals surface area contributed by atoms with Crippen molar-refractivity contribution in [2.24, 2.45) is 0 Å². The van der Waals surface area contributed by atoms with E-state index in [9.17, 15) is 8.78 Å². The maximum atomic E-state index is 14.5. The van der Waals surface area contributed by atoms with Gasteiger partial charge in [-0.2, -0.15) is 0 Å². The summed E-state index contributed by atoms with van der Waals surface area (Å²) in [7, 11) is 0. The van der Waals surface area contributed by atoms with Crippen molar-refractivity contribution in [3.8, 4) is 22.3 Å². The van der Waals surface area contributed by atoms with Crippen molar-refractivity contribution >= 4 is 0 Å². The number of halogens is 2. The Kier molecular flexibility index (Phi) is 6.10. The molecule has 3 rings (SSSR count). The van der Waals surface area contributed by atoms with Gasteiger partial charge < -0.3 is 10.4 Å². The third-order valence-corrected chi connectivity index (χ3v) is 4.29. The summed E-state index contributed by atoms with van der Waals surface area (Å²) in [5.74, 6) is -0.677. The van der Waals surface area contributed by atoms with Gasteiger partial charge in [0, 0.05) is 24.3 Å². The molecule has 0 amide bonds. The summed E-state index contributed by atoms with van der Waals surface area (Å²) in [5.41, 5.74) is 3.13. The summed E-state index contributed by atoms with van der Waals surface area (Å²) in [4.78, 5) is 0. The maximum Gasteiger partial charge on any atom is 0.131 e. The summed E-state index contributed by atoms with van der Waals surface area (Å²) in [6.45, 7) is 1.27. The van der Waals surface area contributed by atoms with E-state index < -0.39 is 0 Å². The van der Waals surface area contributed by atoms with Gasteiger partial charge in [-0.1, -0.05) is 54.6 Å². The van der Waals surface area contributed by atoms with Gasteiger partial charge in [-0.3, -0.25) is 0 Å². The summed E-state index contributed by atoms with van der Waals surface area (Å²) in [6, 6.07) is 18.7. The van der Waals surface area contributed by atoms with Crippen LogP contribution in [-0.2, 0) is 6.54 Å². The molecule has 0 unspecified atom stereocenters. The van der Waals surface area contributed by atoms with Crippen LogP contribution >= 0.6 is 0 Å². The fourth-order valence-corrected chi connectivity index (χ4v) is 3.06. The van der Waals surface area contributed by atoms with Crippen molar-refractivity contribution in [2.45, 2.75) is 13.0 Å². The minimum atomic E-state index is -0.340. The van der Waals surface area contributed by atoms with E-state index in [4.69, 9.17) is 5.11 Å². The van der Waals surface area contributed by atoms with E-state index in [1.54, 1.807) is 36.4 Å². The molecular formula is C22H21F2NO. The summed E-state index contributed by atoms with van der Waals surface area (Å²) >= 11 is 0. The Morgan fingerprint density at radius 1 is 0.731 bits per heavy atom. The molecule has 134 valence electrons. The molecule has 4 heteroatoms. The molecule has 2 N–H and O–H groups in total. The number of aliphatic hydroxyl groups excluding tert-OH is 1. The van der Waals surface area contributed by atoms with Gasteiger partial charge in [-0.05, 0) is 41.8 Å². The molecule has 26 heavy (non-hydrogen) atoms. The molecule has 0 saturated heterocycles. The molecule has 0 radical (unpaired) electrons. The standard InChI is InChI=1S/C22H21F2NO/c23-20-11-3-1-8-17(20)18-10-5-7-16(15-25-13-6-14-26)22(18)19-9-2-4-12-21(19)24/h1-5,7-12,25-26H,6,13-15H2. The largest absolute Gasteiger partial charge is 0.396 e. The van der Waals surface area contributed by atoms with E-state index in [0.717, 1.165) is 5.56 Å². The topological polar surface area (TPSA) is 32.3 Å². The number of benzene rings is 3. The zero-order valence-corrected chi connectivity index (χ0v) is 14.4. The average Bonchev–Trinajstić information content (AvgIpc) is 2.66. The first kappa shape index (κ1) is 18.2. The minimum Gasteiger partial charge on any atom is -0.396 e. The third-order valence-electron chi connectivity index (χ3n) is 4.29. The van der Waals surface area contributed by atoms with Crippen LogP contribution in [0.1, 0.15) is 12.0 Å². The molecule has 0 saturated carbocycles. The highest BCUT2D eigenvalue weighted by molar-refractivity contribution is 5.86. The molecule has 3 aromatic carbocycles. The van der Waals surface area contributed by atoms with Gasteiger partial charge in [0.2, 0.25) is 0 Å². The van der Waals surface area contributed by atoms with Crippen LogP contribution < -0.4 is 5.32 Å². The first-order valence-corrected chi connectivity index (χ1v) is 8.65. The van der Waals surface area contributed by atoms with Crippen LogP contribution in [0.2, 0.25) is 0 Å². The van der Waals surface area contributed by atoms with Gasteiger partial charge in [-0.25, -0.2) is 8.78 Å². The van der Waals surface area contributed by atoms with E-state index in [2.05, 4.69) is 5.32 Å². The van der Waals surface area contributed by atoms with Crippen LogP contribution in [-0.4, -0.2) is 18.3 Å². The van der Waals surface area contributed by atoms with Gasteiger partial charge in [0.05, 0.1) is 0 Å². The highest BCUT2D eigenvalue weighted by atomic mass is 19.1. The van der Waals surface area contributed by atoms with Gasteiger partial charge in [-0.15, -0.1) is 0 Å². The van der Waals surface area contributed by atoms with Crippen LogP contribution in [0.3, 0.4) is 0 Å². The predicted octanol–water partition coefficient (Wildman–Crippen LogP) is 4.77. The van der Waals surface area contributed by atoms with Crippen molar-refractivity contribution < 1.29 is 13.9 Å². The van der Waals surface area contributed by atoms with Crippen molar-refractivity contribution in [2.75, 3.05) is 13.2 Å². The molecule has 0 spiro atoms. The quantitative estimate of drug-likeness (QED) is 0.600. The Bertz CT molecular complexity index is 880. The predicted molar refractivity (Wildman–Crippen MR) is 101 cm³/mol. The third kappa shape index (κ3) is 3.98. The molecule has 3 aromatic rings. The maximum absolute atomic E-state index is 14.5. The van der Waals surface area contributed by atoms with Crippen molar-refractivity contribution in [1.82, 2.24) is 5.32 Å². The van der Waals surface area contributed by atoms with Crippen LogP contribution in [0.15, 0.2) is 66.7 Å². The number of rotatable bonds is 7. The number of aliphatic hydroxyl groups is 1. The first-order chi connectivity index (χ1) is 12.7. The number of hydrogen-bond acceptors (Lipinski definition) is 2. The lowest BCUT2D eigenvalue weighted by Gasteiger charge is -2.17. The van der Waals surface area contributed by atoms with E-state index in [1.807, 2.05) is 18.2 Å². The Labute approximate surface area is 152 Å². The molecule has 0 bridgehead atoms. The Morgan fingerprint density at radius 3 is 2.00 bits per heavy atom. The molecule has 0 aliphatic carbocycles. The fraction of sp³-hybridized carbons (Fsp3) is 0.182. The zero-order chi connectivity index (χ0) is 18.4. The zero-order valence-electron chi connectivity index (χ0n) is 14.4. The van der Waals surface area contributed by atoms with Crippen molar-refractivity contribution in [3.63, 3.8) is 0 Å². The molecule has 0 heterocycles. The second-order valence-corrected chi connectivity index (χ2v) is 6.05. The second kappa shape index (κ2) is 8.70.